The van der Waals surface area contributed by atoms with Gasteiger partial charge in [-0.1, -0.05) is 24.6 Å². The van der Waals surface area contributed by atoms with Crippen LogP contribution in [0.5, 0.6) is 0 Å². The van der Waals surface area contributed by atoms with E-state index in [-0.39, 0.29) is 41.8 Å². The lowest BCUT2D eigenvalue weighted by Crippen LogP contribution is -2.41. The number of nitrogens with zero attached hydrogens (tertiary/aromatic N) is 1. The second-order valence-corrected chi connectivity index (χ2v) is 6.30. The Labute approximate surface area is 177 Å². The summed E-state index contributed by atoms with van der Waals surface area (Å²) in [5, 5.41) is 9.48. The third kappa shape index (κ3) is 7.74. The average Bonchev–Trinajstić information content (AvgIpc) is 2.66. The number of hydrogen-bond acceptors (Lipinski definition) is 4. The zero-order valence-corrected chi connectivity index (χ0v) is 18.2. The number of fused-ring (bicyclic) bond motifs is 1. The fourth-order valence-corrected chi connectivity index (χ4v) is 3.00. The normalized spacial score (nSPS) is 15.9. The van der Waals surface area contributed by atoms with Crippen molar-refractivity contribution in [2.45, 2.75) is 38.0 Å². The lowest BCUT2D eigenvalue weighted by Gasteiger charge is -2.26. The van der Waals surface area contributed by atoms with E-state index in [1.807, 2.05) is 18.2 Å². The Kier molecular flexibility index (Phi) is 10.8. The van der Waals surface area contributed by atoms with Crippen molar-refractivity contribution in [3.63, 3.8) is 0 Å². The summed E-state index contributed by atoms with van der Waals surface area (Å²) in [5.41, 5.74) is 2.04. The van der Waals surface area contributed by atoms with Crippen LogP contribution >= 0.6 is 24.0 Å². The Morgan fingerprint density at radius 2 is 2.04 bits per heavy atom. The molecule has 0 spiro atoms. The van der Waals surface area contributed by atoms with Gasteiger partial charge in [0.15, 0.2) is 5.96 Å². The van der Waals surface area contributed by atoms with Crippen molar-refractivity contribution in [2.24, 2.45) is 4.99 Å². The number of anilines is 1. The van der Waals surface area contributed by atoms with Gasteiger partial charge in [-0.15, -0.1) is 24.0 Å². The first-order valence-electron chi connectivity index (χ1n) is 9.04. The number of para-hydroxylation sites is 1. The Balaban J connectivity index is 0.00000364. The topological polar surface area (TPSA) is 91.8 Å². The summed E-state index contributed by atoms with van der Waals surface area (Å²) >= 11 is 0. The van der Waals surface area contributed by atoms with E-state index >= 15 is 0 Å². The van der Waals surface area contributed by atoms with Crippen LogP contribution in [-0.2, 0) is 14.3 Å². The summed E-state index contributed by atoms with van der Waals surface area (Å²) in [6.07, 6.45) is 3.66. The number of aliphatic imine (C=N–C) groups is 1. The van der Waals surface area contributed by atoms with Gasteiger partial charge >= 0.3 is 5.97 Å². The van der Waals surface area contributed by atoms with Gasteiger partial charge in [0.05, 0.1) is 7.11 Å². The molecule has 8 heteroatoms. The first-order valence-corrected chi connectivity index (χ1v) is 9.04. The van der Waals surface area contributed by atoms with E-state index in [0.717, 1.165) is 43.0 Å². The number of guanidine groups is 1. The summed E-state index contributed by atoms with van der Waals surface area (Å²) in [7, 11) is 3.14. The highest BCUT2D eigenvalue weighted by atomic mass is 127. The highest BCUT2D eigenvalue weighted by Crippen LogP contribution is 2.31. The molecule has 0 saturated heterocycles. The summed E-state index contributed by atoms with van der Waals surface area (Å²) in [4.78, 5) is 27.2. The van der Waals surface area contributed by atoms with Gasteiger partial charge < -0.3 is 20.7 Å². The van der Waals surface area contributed by atoms with Crippen LogP contribution in [0.4, 0.5) is 5.69 Å². The van der Waals surface area contributed by atoms with Gasteiger partial charge in [0, 0.05) is 44.6 Å². The Morgan fingerprint density at radius 3 is 2.78 bits per heavy atom. The number of benzene rings is 1. The van der Waals surface area contributed by atoms with Crippen LogP contribution in [0, 0.1) is 0 Å². The van der Waals surface area contributed by atoms with Crippen molar-refractivity contribution >= 4 is 47.5 Å². The lowest BCUT2D eigenvalue weighted by atomic mass is 9.90. The second-order valence-electron chi connectivity index (χ2n) is 6.30. The van der Waals surface area contributed by atoms with E-state index in [1.165, 1.54) is 7.11 Å². The minimum atomic E-state index is -0.160. The maximum atomic E-state index is 11.9. The largest absolute Gasteiger partial charge is 0.469 e. The number of carbonyl (C=O) groups is 2. The SMILES string of the molecule is CN=C(NCCCCCC(=O)OC)NCC1CC(=O)Nc2ccccc21.I. The number of methoxy groups -OCH3 is 1. The molecule has 0 aliphatic carbocycles. The van der Waals surface area contributed by atoms with Crippen molar-refractivity contribution < 1.29 is 14.3 Å². The third-order valence-corrected chi connectivity index (χ3v) is 4.42. The maximum Gasteiger partial charge on any atom is 0.305 e. The van der Waals surface area contributed by atoms with Crippen LogP contribution in [-0.4, -0.2) is 45.1 Å². The molecular formula is C19H29IN4O3. The van der Waals surface area contributed by atoms with Crippen LogP contribution < -0.4 is 16.0 Å². The molecule has 0 saturated carbocycles. The van der Waals surface area contributed by atoms with E-state index < -0.39 is 0 Å². The molecule has 1 unspecified atom stereocenters. The zero-order chi connectivity index (χ0) is 18.8. The third-order valence-electron chi connectivity index (χ3n) is 4.42. The summed E-state index contributed by atoms with van der Waals surface area (Å²) in [6, 6.07) is 7.90. The number of carbonyl (C=O) groups excluding carboxylic acids is 2. The molecule has 0 aromatic heterocycles. The van der Waals surface area contributed by atoms with Gasteiger partial charge in [-0.25, -0.2) is 0 Å². The van der Waals surface area contributed by atoms with Crippen LogP contribution in [0.2, 0.25) is 0 Å². The number of unbranched alkanes of at least 4 members (excludes halogenated alkanes) is 2. The highest BCUT2D eigenvalue weighted by Gasteiger charge is 2.24. The highest BCUT2D eigenvalue weighted by molar-refractivity contribution is 14.0. The number of ether oxygens (including phenoxy) is 1. The molecule has 27 heavy (non-hydrogen) atoms. The van der Waals surface area contributed by atoms with Crippen molar-refractivity contribution in [3.05, 3.63) is 29.8 Å². The Hall–Kier alpha value is -1.84. The molecule has 1 aromatic carbocycles. The Morgan fingerprint density at radius 1 is 1.26 bits per heavy atom. The molecular weight excluding hydrogens is 459 g/mol. The van der Waals surface area contributed by atoms with Crippen LogP contribution in [0.25, 0.3) is 0 Å². The standard InChI is InChI=1S/C19H28N4O3.HI/c1-20-19(21-11-7-3-4-10-18(25)26-2)22-13-14-12-17(24)23-16-9-6-5-8-15(14)16;/h5-6,8-9,14H,3-4,7,10-13H2,1-2H3,(H,23,24)(H2,20,21,22);1H. The molecule has 1 aliphatic heterocycles. The van der Waals surface area contributed by atoms with Gasteiger partial charge in [0.25, 0.3) is 0 Å². The van der Waals surface area contributed by atoms with E-state index in [9.17, 15) is 9.59 Å². The first-order chi connectivity index (χ1) is 12.6. The fraction of sp³-hybridized carbons (Fsp3) is 0.526. The smallest absolute Gasteiger partial charge is 0.305 e. The van der Waals surface area contributed by atoms with Crippen LogP contribution in [0.3, 0.4) is 0 Å². The maximum absolute atomic E-state index is 11.9. The molecule has 7 nitrogen and oxygen atoms in total. The molecule has 0 bridgehead atoms. The Bertz CT molecular complexity index is 652. The minimum absolute atomic E-state index is 0. The van der Waals surface area contributed by atoms with Crippen molar-refractivity contribution in [2.75, 3.05) is 32.6 Å². The van der Waals surface area contributed by atoms with Crippen molar-refractivity contribution in [1.82, 2.24) is 10.6 Å². The number of nitrogens with one attached hydrogen (secondary N) is 3. The van der Waals surface area contributed by atoms with E-state index in [2.05, 4.69) is 31.7 Å². The molecule has 2 rings (SSSR count). The summed E-state index contributed by atoms with van der Waals surface area (Å²) < 4.78 is 4.62. The molecule has 0 fully saturated rings. The van der Waals surface area contributed by atoms with E-state index in [1.54, 1.807) is 7.05 Å². The number of halogens is 1. The average molecular weight is 488 g/mol. The summed E-state index contributed by atoms with van der Waals surface area (Å²) in [5.74, 6) is 0.733. The number of esters is 1. The van der Waals surface area contributed by atoms with Crippen molar-refractivity contribution in [1.29, 1.82) is 0 Å². The van der Waals surface area contributed by atoms with Gasteiger partial charge in [-0.05, 0) is 24.5 Å². The molecule has 1 aliphatic rings. The quantitative estimate of drug-likeness (QED) is 0.172. The summed E-state index contributed by atoms with van der Waals surface area (Å²) in [6.45, 7) is 1.43. The second kappa shape index (κ2) is 12.5. The predicted molar refractivity (Wildman–Crippen MR) is 118 cm³/mol. The molecule has 0 radical (unpaired) electrons. The van der Waals surface area contributed by atoms with Gasteiger partial charge in [0.1, 0.15) is 0 Å². The van der Waals surface area contributed by atoms with Crippen LogP contribution in [0.15, 0.2) is 29.3 Å². The van der Waals surface area contributed by atoms with E-state index in [0.29, 0.717) is 19.4 Å². The number of amides is 1. The van der Waals surface area contributed by atoms with Gasteiger partial charge in [-0.3, -0.25) is 14.6 Å². The molecule has 1 amide bonds. The monoisotopic (exact) mass is 488 g/mol. The van der Waals surface area contributed by atoms with Crippen LogP contribution in [0.1, 0.15) is 43.6 Å². The lowest BCUT2D eigenvalue weighted by molar-refractivity contribution is -0.140. The number of hydrogen-bond donors (Lipinski definition) is 3. The number of rotatable bonds is 8. The van der Waals surface area contributed by atoms with E-state index in [4.69, 9.17) is 0 Å². The van der Waals surface area contributed by atoms with Gasteiger partial charge in [0.2, 0.25) is 5.91 Å². The molecule has 150 valence electrons. The van der Waals surface area contributed by atoms with Gasteiger partial charge in [-0.2, -0.15) is 0 Å². The molecule has 1 heterocycles. The molecule has 3 N–H and O–H groups in total. The predicted octanol–water partition coefficient (Wildman–Crippen LogP) is 2.63. The fourth-order valence-electron chi connectivity index (χ4n) is 3.00. The molecule has 1 aromatic rings. The first kappa shape index (κ1) is 23.2. The minimum Gasteiger partial charge on any atom is -0.469 e. The van der Waals surface area contributed by atoms with Crippen molar-refractivity contribution in [3.8, 4) is 0 Å². The molecule has 1 atom stereocenters. The zero-order valence-electron chi connectivity index (χ0n) is 15.9.